The first kappa shape index (κ1) is 16.6. The molecule has 2 aromatic carbocycles. The highest BCUT2D eigenvalue weighted by Gasteiger charge is 2.16. The van der Waals surface area contributed by atoms with Crippen LogP contribution in [-0.2, 0) is 11.2 Å². The second kappa shape index (κ2) is 7.11. The number of anilines is 2. The van der Waals surface area contributed by atoms with Crippen LogP contribution in [0.5, 0.6) is 0 Å². The van der Waals surface area contributed by atoms with Gasteiger partial charge >= 0.3 is 5.97 Å². The van der Waals surface area contributed by atoms with E-state index < -0.39 is 5.97 Å². The molecule has 0 bridgehead atoms. The van der Waals surface area contributed by atoms with Crippen LogP contribution < -0.4 is 5.32 Å². The lowest BCUT2D eigenvalue weighted by molar-refractivity contribution is -0.136. The number of rotatable bonds is 5. The van der Waals surface area contributed by atoms with E-state index in [0.717, 1.165) is 10.2 Å². The van der Waals surface area contributed by atoms with E-state index in [9.17, 15) is 9.18 Å². The van der Waals surface area contributed by atoms with Crippen molar-refractivity contribution in [1.29, 1.82) is 0 Å². The molecule has 0 atom stereocenters. The summed E-state index contributed by atoms with van der Waals surface area (Å²) in [6.07, 6.45) is -0.133. The summed E-state index contributed by atoms with van der Waals surface area (Å²) >= 11 is 4.65. The van der Waals surface area contributed by atoms with Crippen molar-refractivity contribution < 1.29 is 14.3 Å². The first-order chi connectivity index (χ1) is 11.5. The van der Waals surface area contributed by atoms with Crippen molar-refractivity contribution in [2.75, 3.05) is 5.32 Å². The zero-order valence-electron chi connectivity index (χ0n) is 12.3. The zero-order chi connectivity index (χ0) is 17.1. The summed E-state index contributed by atoms with van der Waals surface area (Å²) in [6.45, 7) is 0. The van der Waals surface area contributed by atoms with Crippen LogP contribution in [0.3, 0.4) is 0 Å². The molecule has 0 aliphatic rings. The van der Waals surface area contributed by atoms with Gasteiger partial charge in [-0.3, -0.25) is 4.79 Å². The molecule has 24 heavy (non-hydrogen) atoms. The monoisotopic (exact) mass is 406 g/mol. The molecule has 0 saturated heterocycles. The average Bonchev–Trinajstić information content (AvgIpc) is 2.92. The van der Waals surface area contributed by atoms with Crippen LogP contribution in [0.2, 0.25) is 0 Å². The molecule has 0 aliphatic heterocycles. The highest BCUT2D eigenvalue weighted by atomic mass is 79.9. The summed E-state index contributed by atoms with van der Waals surface area (Å²) in [5.74, 6) is -1.28. The molecular formula is C17H12BrFN2O2S. The molecule has 0 fully saturated rings. The topological polar surface area (TPSA) is 62.2 Å². The first-order valence-electron chi connectivity index (χ1n) is 7.01. The number of carboxylic acids is 1. The second-order valence-electron chi connectivity index (χ2n) is 5.00. The lowest BCUT2D eigenvalue weighted by Gasteiger charge is -2.02. The Morgan fingerprint density at radius 3 is 2.46 bits per heavy atom. The minimum Gasteiger partial charge on any atom is -0.481 e. The van der Waals surface area contributed by atoms with E-state index in [1.54, 1.807) is 12.1 Å². The highest BCUT2D eigenvalue weighted by Crippen LogP contribution is 2.33. The largest absolute Gasteiger partial charge is 0.481 e. The van der Waals surface area contributed by atoms with Crippen LogP contribution in [-0.4, -0.2) is 16.1 Å². The molecule has 3 rings (SSSR count). The summed E-state index contributed by atoms with van der Waals surface area (Å²) in [5, 5.41) is 12.9. The van der Waals surface area contributed by atoms with E-state index in [0.29, 0.717) is 21.3 Å². The van der Waals surface area contributed by atoms with E-state index in [-0.39, 0.29) is 12.2 Å². The number of aromatic nitrogens is 1. The molecule has 0 unspecified atom stereocenters. The number of carbonyl (C=O) groups is 1. The number of nitrogens with zero attached hydrogens (tertiary/aromatic N) is 1. The van der Waals surface area contributed by atoms with Crippen molar-refractivity contribution in [3.8, 4) is 11.3 Å². The van der Waals surface area contributed by atoms with E-state index in [1.807, 2.05) is 24.3 Å². The molecule has 0 spiro atoms. The van der Waals surface area contributed by atoms with Crippen molar-refractivity contribution in [1.82, 2.24) is 4.98 Å². The number of benzene rings is 2. The number of thiazole rings is 1. The number of aliphatic carboxylic acids is 1. The predicted molar refractivity (Wildman–Crippen MR) is 96.3 cm³/mol. The van der Waals surface area contributed by atoms with Gasteiger partial charge in [-0.25, -0.2) is 9.37 Å². The quantitative estimate of drug-likeness (QED) is 0.619. The molecule has 0 radical (unpaired) electrons. The fourth-order valence-corrected chi connectivity index (χ4v) is 3.41. The standard InChI is InChI=1S/C17H12BrFN2O2S/c18-11-3-7-13(8-4-11)20-17-21-16(14(24-17)9-15(22)23)10-1-5-12(19)6-2-10/h1-8H,9H2,(H,20,21)(H,22,23). The number of hydrogen-bond donors (Lipinski definition) is 2. The van der Waals surface area contributed by atoms with Gasteiger partial charge in [0, 0.05) is 20.6 Å². The van der Waals surface area contributed by atoms with Crippen LogP contribution in [0.25, 0.3) is 11.3 Å². The Balaban J connectivity index is 1.94. The van der Waals surface area contributed by atoms with Crippen LogP contribution in [0.15, 0.2) is 53.0 Å². The lowest BCUT2D eigenvalue weighted by atomic mass is 10.1. The minimum absolute atomic E-state index is 0.133. The molecule has 0 aliphatic carbocycles. The maximum atomic E-state index is 13.1. The van der Waals surface area contributed by atoms with Crippen LogP contribution in [0.1, 0.15) is 4.88 Å². The van der Waals surface area contributed by atoms with Gasteiger partial charge in [-0.05, 0) is 48.5 Å². The summed E-state index contributed by atoms with van der Waals surface area (Å²) < 4.78 is 14.1. The Bertz CT molecular complexity index is 863. The maximum Gasteiger partial charge on any atom is 0.308 e. The normalized spacial score (nSPS) is 10.6. The van der Waals surface area contributed by atoms with Gasteiger partial charge in [0.2, 0.25) is 0 Å². The molecule has 1 aromatic heterocycles. The van der Waals surface area contributed by atoms with Gasteiger partial charge in [-0.15, -0.1) is 11.3 Å². The third-order valence-corrected chi connectivity index (χ3v) is 4.72. The van der Waals surface area contributed by atoms with E-state index in [4.69, 9.17) is 5.11 Å². The molecule has 4 nitrogen and oxygen atoms in total. The summed E-state index contributed by atoms with van der Waals surface area (Å²) in [5.41, 5.74) is 2.09. The third-order valence-electron chi connectivity index (χ3n) is 3.22. The van der Waals surface area contributed by atoms with Crippen LogP contribution >= 0.6 is 27.3 Å². The van der Waals surface area contributed by atoms with Gasteiger partial charge < -0.3 is 10.4 Å². The molecule has 0 saturated carbocycles. The number of halogens is 2. The van der Waals surface area contributed by atoms with Gasteiger partial charge in [0.25, 0.3) is 0 Å². The Labute approximate surface area is 150 Å². The summed E-state index contributed by atoms with van der Waals surface area (Å²) in [7, 11) is 0. The predicted octanol–water partition coefficient (Wildman–Crippen LogP) is 5.08. The molecule has 0 amide bonds. The number of carboxylic acid groups (broad SMARTS) is 1. The van der Waals surface area contributed by atoms with Crippen molar-refractivity contribution >= 4 is 44.1 Å². The first-order valence-corrected chi connectivity index (χ1v) is 8.62. The Hall–Kier alpha value is -2.25. The zero-order valence-corrected chi connectivity index (χ0v) is 14.7. The van der Waals surface area contributed by atoms with E-state index >= 15 is 0 Å². The molecule has 7 heteroatoms. The molecule has 3 aromatic rings. The Morgan fingerprint density at radius 2 is 1.83 bits per heavy atom. The highest BCUT2D eigenvalue weighted by molar-refractivity contribution is 9.10. The SMILES string of the molecule is O=C(O)Cc1sc(Nc2ccc(Br)cc2)nc1-c1ccc(F)cc1. The number of nitrogens with one attached hydrogen (secondary N) is 1. The van der Waals surface area contributed by atoms with Gasteiger partial charge in [0.05, 0.1) is 12.1 Å². The molecule has 1 heterocycles. The lowest BCUT2D eigenvalue weighted by Crippen LogP contribution is -1.99. The van der Waals surface area contributed by atoms with E-state index in [1.165, 1.54) is 23.5 Å². The Kier molecular flexibility index (Phi) is 4.92. The summed E-state index contributed by atoms with van der Waals surface area (Å²) in [4.78, 5) is 16.2. The van der Waals surface area contributed by atoms with Gasteiger partial charge in [0.1, 0.15) is 5.82 Å². The maximum absolute atomic E-state index is 13.1. The Morgan fingerprint density at radius 1 is 1.17 bits per heavy atom. The summed E-state index contributed by atoms with van der Waals surface area (Å²) in [6, 6.07) is 13.4. The fraction of sp³-hybridized carbons (Fsp3) is 0.0588. The second-order valence-corrected chi connectivity index (χ2v) is 7.00. The van der Waals surface area contributed by atoms with Gasteiger partial charge in [-0.1, -0.05) is 15.9 Å². The van der Waals surface area contributed by atoms with Crippen molar-refractivity contribution in [3.63, 3.8) is 0 Å². The van der Waals surface area contributed by atoms with Crippen molar-refractivity contribution in [3.05, 3.63) is 63.7 Å². The fourth-order valence-electron chi connectivity index (χ4n) is 2.15. The molecule has 122 valence electrons. The minimum atomic E-state index is -0.933. The van der Waals surface area contributed by atoms with Crippen LogP contribution in [0, 0.1) is 5.82 Å². The third kappa shape index (κ3) is 3.98. The van der Waals surface area contributed by atoms with E-state index in [2.05, 4.69) is 26.2 Å². The van der Waals surface area contributed by atoms with Gasteiger partial charge in [0.15, 0.2) is 5.13 Å². The van der Waals surface area contributed by atoms with Crippen LogP contribution in [0.4, 0.5) is 15.2 Å². The smallest absolute Gasteiger partial charge is 0.308 e. The van der Waals surface area contributed by atoms with Gasteiger partial charge in [-0.2, -0.15) is 0 Å². The van der Waals surface area contributed by atoms with Crippen molar-refractivity contribution in [2.45, 2.75) is 6.42 Å². The molecule has 2 N–H and O–H groups in total. The number of hydrogen-bond acceptors (Lipinski definition) is 4. The van der Waals surface area contributed by atoms with Crippen molar-refractivity contribution in [2.24, 2.45) is 0 Å². The average molecular weight is 407 g/mol. The molecular weight excluding hydrogens is 395 g/mol.